The molecule has 236 valence electrons. The van der Waals surface area contributed by atoms with E-state index in [2.05, 4.69) is 36.4 Å². The second-order valence-corrected chi connectivity index (χ2v) is 12.3. The molecule has 1 heteroatoms. The third kappa shape index (κ3) is 4.95. The third-order valence-electron chi connectivity index (χ3n) is 9.50. The van der Waals surface area contributed by atoms with Crippen LogP contribution in [0.4, 0.5) is 17.1 Å². The number of fused-ring (bicyclic) bond motifs is 3. The van der Waals surface area contributed by atoms with E-state index in [1.54, 1.807) is 48.5 Å². The molecule has 0 spiro atoms. The first kappa shape index (κ1) is 22.2. The minimum Gasteiger partial charge on any atom is -0.310 e. The zero-order valence-corrected chi connectivity index (χ0v) is 27.0. The summed E-state index contributed by atoms with van der Waals surface area (Å²) in [5.41, 5.74) is 6.48. The van der Waals surface area contributed by atoms with Crippen LogP contribution in [-0.4, -0.2) is 0 Å². The van der Waals surface area contributed by atoms with Gasteiger partial charge >= 0.3 is 0 Å². The summed E-state index contributed by atoms with van der Waals surface area (Å²) in [5, 5.41) is 0. The van der Waals surface area contributed by atoms with Gasteiger partial charge in [0.25, 0.3) is 0 Å². The van der Waals surface area contributed by atoms with Crippen LogP contribution in [0.1, 0.15) is 33.2 Å². The molecule has 1 aliphatic rings. The molecule has 1 aliphatic carbocycles. The molecule has 0 saturated heterocycles. The molecule has 1 nitrogen and oxygen atoms in total. The normalized spacial score (nSPS) is 14.8. The molecule has 0 radical (unpaired) electrons. The van der Waals surface area contributed by atoms with Crippen molar-refractivity contribution in [1.82, 2.24) is 0 Å². The van der Waals surface area contributed by atoms with Crippen LogP contribution in [0, 0.1) is 0 Å². The first-order valence-corrected chi connectivity index (χ1v) is 16.6. The average Bonchev–Trinajstić information content (AvgIpc) is 3.56. The van der Waals surface area contributed by atoms with Gasteiger partial charge in [-0.25, -0.2) is 0 Å². The molecular formula is C49H35N. The van der Waals surface area contributed by atoms with Gasteiger partial charge in [-0.2, -0.15) is 0 Å². The third-order valence-corrected chi connectivity index (χ3v) is 9.50. The van der Waals surface area contributed by atoms with Gasteiger partial charge in [0.15, 0.2) is 0 Å². The van der Waals surface area contributed by atoms with Gasteiger partial charge in [-0.15, -0.1) is 0 Å². The van der Waals surface area contributed by atoms with E-state index < -0.39 is 5.41 Å². The van der Waals surface area contributed by atoms with Crippen molar-refractivity contribution in [3.8, 4) is 33.4 Å². The number of hydrogen-bond donors (Lipinski definition) is 0. The van der Waals surface area contributed by atoms with Crippen LogP contribution in [0.2, 0.25) is 0 Å². The van der Waals surface area contributed by atoms with Gasteiger partial charge in [-0.1, -0.05) is 176 Å². The first-order chi connectivity index (χ1) is 28.2. The topological polar surface area (TPSA) is 3.24 Å². The monoisotopic (exact) mass is 645 g/mol. The summed E-state index contributed by atoms with van der Waals surface area (Å²) in [4.78, 5) is 1.39. The molecule has 0 fully saturated rings. The van der Waals surface area contributed by atoms with E-state index in [0.717, 1.165) is 33.4 Å². The number of hydrogen-bond acceptors (Lipinski definition) is 1. The van der Waals surface area contributed by atoms with Crippen molar-refractivity contribution in [3.63, 3.8) is 0 Å². The summed E-state index contributed by atoms with van der Waals surface area (Å²) < 4.78 is 74.9. The number of benzene rings is 8. The molecule has 0 heterocycles. The lowest BCUT2D eigenvalue weighted by Crippen LogP contribution is -2.28. The molecule has 8 aromatic carbocycles. The molecule has 0 aromatic heterocycles. The number of anilines is 3. The Morgan fingerprint density at radius 3 is 1.26 bits per heavy atom. The van der Waals surface area contributed by atoms with Gasteiger partial charge in [0.1, 0.15) is 0 Å². The summed E-state index contributed by atoms with van der Waals surface area (Å²) in [5.74, 6) is 0. The second kappa shape index (κ2) is 12.5. The van der Waals surface area contributed by atoms with Crippen LogP contribution in [0.15, 0.2) is 212 Å². The van der Waals surface area contributed by atoms with Crippen molar-refractivity contribution >= 4 is 17.1 Å². The Morgan fingerprint density at radius 1 is 0.340 bits per heavy atom. The zero-order valence-electron chi connectivity index (χ0n) is 35.0. The maximum atomic E-state index is 9.49. The Kier molecular flexibility index (Phi) is 5.58. The van der Waals surface area contributed by atoms with Crippen molar-refractivity contribution in [3.05, 3.63) is 234 Å². The van der Waals surface area contributed by atoms with Crippen LogP contribution >= 0.6 is 0 Å². The standard InChI is InChI=1S/C49H35N/c1-5-15-36(16-6-1)38-25-29-42(30-26-38)50(43-31-27-39(28-32-43)37-17-7-2-8-18-37)44-33-34-48-46(35-44)45-23-13-14-24-47(45)49(48,40-19-9-3-10-20-40)41-21-11-4-12-22-41/h1-35H/i25D,26D,27D,28D,29D,30D,31D,32D. The Bertz CT molecular complexity index is 2660. The van der Waals surface area contributed by atoms with E-state index in [1.165, 1.54) is 4.90 Å². The van der Waals surface area contributed by atoms with Crippen molar-refractivity contribution in [2.45, 2.75) is 5.41 Å². The first-order valence-electron chi connectivity index (χ1n) is 20.6. The van der Waals surface area contributed by atoms with Gasteiger partial charge in [0, 0.05) is 17.1 Å². The molecule has 0 atom stereocenters. The summed E-state index contributed by atoms with van der Waals surface area (Å²) in [7, 11) is 0. The summed E-state index contributed by atoms with van der Waals surface area (Å²) in [6, 6.07) is 49.5. The van der Waals surface area contributed by atoms with Crippen molar-refractivity contribution < 1.29 is 11.0 Å². The highest BCUT2D eigenvalue weighted by molar-refractivity contribution is 5.90. The van der Waals surface area contributed by atoms with Gasteiger partial charge in [-0.05, 0) is 91.9 Å². The highest BCUT2D eigenvalue weighted by Gasteiger charge is 2.46. The van der Waals surface area contributed by atoms with E-state index in [9.17, 15) is 11.0 Å². The molecule has 0 amide bonds. The van der Waals surface area contributed by atoms with Crippen molar-refractivity contribution in [2.75, 3.05) is 4.90 Å². The largest absolute Gasteiger partial charge is 0.310 e. The molecular weight excluding hydrogens is 603 g/mol. The van der Waals surface area contributed by atoms with E-state index in [0.29, 0.717) is 16.8 Å². The predicted molar refractivity (Wildman–Crippen MR) is 209 cm³/mol. The van der Waals surface area contributed by atoms with E-state index in [4.69, 9.17) is 0 Å². The van der Waals surface area contributed by atoms with Crippen LogP contribution in [0.3, 0.4) is 0 Å². The minimum absolute atomic E-state index is 0.122. The summed E-state index contributed by atoms with van der Waals surface area (Å²) >= 11 is 0. The molecule has 9 rings (SSSR count). The van der Waals surface area contributed by atoms with Gasteiger partial charge in [0.05, 0.1) is 16.4 Å². The fourth-order valence-electron chi connectivity index (χ4n) is 7.28. The minimum atomic E-state index is -0.722. The predicted octanol–water partition coefficient (Wildman–Crippen LogP) is 12.9. The quantitative estimate of drug-likeness (QED) is 0.167. The number of nitrogens with zero attached hydrogens (tertiary/aromatic N) is 1. The Labute approximate surface area is 305 Å². The second-order valence-electron chi connectivity index (χ2n) is 12.3. The molecule has 8 aromatic rings. The molecule has 0 unspecified atom stereocenters. The smallest absolute Gasteiger partial charge is 0.0713 e. The van der Waals surface area contributed by atoms with Crippen LogP contribution in [-0.2, 0) is 5.41 Å². The van der Waals surface area contributed by atoms with Crippen LogP contribution in [0.25, 0.3) is 33.4 Å². The average molecular weight is 646 g/mol. The Morgan fingerprint density at radius 2 is 0.760 bits per heavy atom. The van der Waals surface area contributed by atoms with Crippen LogP contribution < -0.4 is 4.90 Å². The fourth-order valence-corrected chi connectivity index (χ4v) is 7.28. The lowest BCUT2D eigenvalue weighted by molar-refractivity contribution is 0.768. The Balaban J connectivity index is 1.37. The highest BCUT2D eigenvalue weighted by atomic mass is 15.1. The lowest BCUT2D eigenvalue weighted by atomic mass is 9.68. The van der Waals surface area contributed by atoms with E-state index >= 15 is 0 Å². The maximum Gasteiger partial charge on any atom is 0.0713 e. The van der Waals surface area contributed by atoms with Crippen LogP contribution in [0.5, 0.6) is 0 Å². The van der Waals surface area contributed by atoms with E-state index in [1.807, 2.05) is 78.9 Å². The highest BCUT2D eigenvalue weighted by Crippen LogP contribution is 2.57. The Hall–Kier alpha value is -6.44. The maximum absolute atomic E-state index is 9.49. The van der Waals surface area contributed by atoms with E-state index in [-0.39, 0.29) is 70.8 Å². The van der Waals surface area contributed by atoms with Gasteiger partial charge in [-0.3, -0.25) is 0 Å². The molecule has 0 bridgehead atoms. The lowest BCUT2D eigenvalue weighted by Gasteiger charge is -2.34. The molecule has 0 aliphatic heterocycles. The van der Waals surface area contributed by atoms with Gasteiger partial charge < -0.3 is 4.90 Å². The zero-order chi connectivity index (χ0) is 40.3. The van der Waals surface area contributed by atoms with Gasteiger partial charge in [0.2, 0.25) is 0 Å². The summed E-state index contributed by atoms with van der Waals surface area (Å²) in [6.45, 7) is 0. The SMILES string of the molecule is [2H]c1c([2H])c(N(c2ccc3c(c2)-c2ccccc2C3(c2ccccc2)c2ccccc2)c2c([2H])c([2H])c(-c3ccccc3)c([2H])c2[2H])c([2H])c([2H])c1-c1ccccc1. The molecule has 0 saturated carbocycles. The number of rotatable bonds is 7. The summed E-state index contributed by atoms with van der Waals surface area (Å²) in [6.07, 6.45) is 0. The fraction of sp³-hybridized carbons (Fsp3) is 0.0204. The molecule has 50 heavy (non-hydrogen) atoms. The van der Waals surface area contributed by atoms with Crippen molar-refractivity contribution in [2.24, 2.45) is 0 Å². The molecule has 0 N–H and O–H groups in total. The van der Waals surface area contributed by atoms with Crippen molar-refractivity contribution in [1.29, 1.82) is 0 Å².